The summed E-state index contributed by atoms with van der Waals surface area (Å²) >= 11 is 0. The molecule has 1 heterocycles. The fraction of sp³-hybridized carbons (Fsp3) is 0.111. The Balaban J connectivity index is 1.88. The first-order valence-electron chi connectivity index (χ1n) is 10.7. The first-order valence-corrected chi connectivity index (χ1v) is 12.2. The summed E-state index contributed by atoms with van der Waals surface area (Å²) in [5.74, 6) is -1.07. The van der Waals surface area contributed by atoms with Gasteiger partial charge >= 0.3 is 5.97 Å². The number of hydrogen-bond acceptors (Lipinski definition) is 6. The number of sulfonamides is 1. The van der Waals surface area contributed by atoms with Crippen LogP contribution in [0.3, 0.4) is 0 Å². The summed E-state index contributed by atoms with van der Waals surface area (Å²) in [5, 5.41) is 0.343. The predicted octanol–water partition coefficient (Wildman–Crippen LogP) is 5.27. The highest BCUT2D eigenvalue weighted by atomic mass is 32.2. The summed E-state index contributed by atoms with van der Waals surface area (Å²) in [7, 11) is -3.04. The average molecular weight is 490 g/mol. The maximum absolute atomic E-state index is 13.7. The number of furan rings is 1. The van der Waals surface area contributed by atoms with E-state index in [4.69, 9.17) is 9.15 Å². The Bertz CT molecular complexity index is 1530. The van der Waals surface area contributed by atoms with Crippen molar-refractivity contribution >= 4 is 44.6 Å². The van der Waals surface area contributed by atoms with Crippen molar-refractivity contribution in [1.82, 2.24) is 0 Å². The lowest BCUT2D eigenvalue weighted by atomic mass is 10.1. The molecule has 0 aliphatic carbocycles. The molecule has 1 aromatic heterocycles. The Morgan fingerprint density at radius 1 is 0.943 bits per heavy atom. The van der Waals surface area contributed by atoms with Crippen molar-refractivity contribution in [2.45, 2.75) is 18.7 Å². The number of hydrogen-bond donors (Lipinski definition) is 0. The van der Waals surface area contributed by atoms with E-state index in [-0.39, 0.29) is 16.1 Å². The van der Waals surface area contributed by atoms with Gasteiger partial charge in [-0.05, 0) is 55.8 Å². The van der Waals surface area contributed by atoms with Gasteiger partial charge < -0.3 is 9.15 Å². The number of amides is 1. The Morgan fingerprint density at radius 2 is 1.63 bits per heavy atom. The molecular weight excluding hydrogens is 466 g/mol. The fourth-order valence-electron chi connectivity index (χ4n) is 3.69. The van der Waals surface area contributed by atoms with Gasteiger partial charge in [0, 0.05) is 11.5 Å². The molecule has 1 amide bonds. The molecule has 4 aromatic rings. The molecule has 0 atom stereocenters. The van der Waals surface area contributed by atoms with Crippen LogP contribution in [0.1, 0.15) is 27.2 Å². The highest BCUT2D eigenvalue weighted by Gasteiger charge is 2.31. The van der Waals surface area contributed by atoms with E-state index in [0.29, 0.717) is 16.7 Å². The Kier molecular flexibility index (Phi) is 6.57. The Hall–Kier alpha value is -4.17. The molecule has 4 rings (SSSR count). The number of fused-ring (bicyclic) bond motifs is 1. The first kappa shape index (κ1) is 24.0. The van der Waals surface area contributed by atoms with E-state index >= 15 is 0 Å². The highest BCUT2D eigenvalue weighted by molar-refractivity contribution is 7.93. The van der Waals surface area contributed by atoms with Crippen LogP contribution in [-0.2, 0) is 19.6 Å². The molecule has 0 bridgehead atoms. The van der Waals surface area contributed by atoms with Gasteiger partial charge in [-0.3, -0.25) is 4.79 Å². The van der Waals surface area contributed by atoms with Crippen LogP contribution >= 0.6 is 0 Å². The van der Waals surface area contributed by atoms with Crippen LogP contribution in [0.25, 0.3) is 17.0 Å². The highest BCUT2D eigenvalue weighted by Crippen LogP contribution is 2.32. The number of aryl methyl sites for hydroxylation is 2. The molecule has 0 N–H and O–H groups in total. The van der Waals surface area contributed by atoms with E-state index in [1.54, 1.807) is 37.3 Å². The molecule has 0 spiro atoms. The number of methoxy groups -OCH3 is 1. The molecule has 35 heavy (non-hydrogen) atoms. The van der Waals surface area contributed by atoms with E-state index < -0.39 is 21.9 Å². The topological polar surface area (TPSA) is 93.9 Å². The molecule has 0 fully saturated rings. The Morgan fingerprint density at radius 3 is 2.29 bits per heavy atom. The molecular formula is C27H23NO6S. The number of carbonyl (C=O) groups is 2. The number of carbonyl (C=O) groups excluding carboxylic acids is 2. The SMILES string of the molecule is COC(=O)c1c(C)oc2ccc(N(C(=O)/C=C\c3ccccc3)S(=O)(=O)c3ccc(C)cc3)cc12. The van der Waals surface area contributed by atoms with Crippen LogP contribution < -0.4 is 4.31 Å². The largest absolute Gasteiger partial charge is 0.465 e. The van der Waals surface area contributed by atoms with Crippen LogP contribution in [0.4, 0.5) is 5.69 Å². The lowest BCUT2D eigenvalue weighted by molar-refractivity contribution is -0.113. The predicted molar refractivity (Wildman–Crippen MR) is 134 cm³/mol. The second-order valence-electron chi connectivity index (χ2n) is 7.87. The second-order valence-corrected chi connectivity index (χ2v) is 9.66. The fourth-order valence-corrected chi connectivity index (χ4v) is 5.07. The Labute approximate surface area is 203 Å². The van der Waals surface area contributed by atoms with Gasteiger partial charge in [0.25, 0.3) is 15.9 Å². The third-order valence-corrected chi connectivity index (χ3v) is 7.19. The van der Waals surface area contributed by atoms with Crippen LogP contribution in [0.2, 0.25) is 0 Å². The number of esters is 1. The van der Waals surface area contributed by atoms with Gasteiger partial charge in [-0.25, -0.2) is 13.2 Å². The van der Waals surface area contributed by atoms with Crippen molar-refractivity contribution in [2.75, 3.05) is 11.4 Å². The molecule has 0 unspecified atom stereocenters. The summed E-state index contributed by atoms with van der Waals surface area (Å²) < 4.78 is 38.6. The minimum atomic E-state index is -4.29. The summed E-state index contributed by atoms with van der Waals surface area (Å²) in [5.41, 5.74) is 2.22. The van der Waals surface area contributed by atoms with E-state index in [0.717, 1.165) is 15.4 Å². The van der Waals surface area contributed by atoms with Crippen LogP contribution in [0, 0.1) is 13.8 Å². The second kappa shape index (κ2) is 9.60. The molecule has 0 aliphatic rings. The number of anilines is 1. The standard InChI is InChI=1S/C27H23NO6S/c1-18-9-13-22(14-10-18)35(31,32)28(25(29)16-11-20-7-5-4-6-8-20)21-12-15-24-23(17-21)26(19(2)34-24)27(30)33-3/h4-17H,1-3H3/b16-11-. The molecule has 0 aliphatic heterocycles. The number of ether oxygens (including phenoxy) is 1. The number of benzene rings is 3. The van der Waals surface area contributed by atoms with Crippen LogP contribution in [0.15, 0.2) is 88.2 Å². The summed E-state index contributed by atoms with van der Waals surface area (Å²) in [4.78, 5) is 25.7. The third-order valence-electron chi connectivity index (χ3n) is 5.45. The van der Waals surface area contributed by atoms with Gasteiger partial charge in [-0.1, -0.05) is 48.0 Å². The molecule has 7 nitrogen and oxygen atoms in total. The molecule has 8 heteroatoms. The lowest BCUT2D eigenvalue weighted by Crippen LogP contribution is -2.35. The monoisotopic (exact) mass is 489 g/mol. The maximum atomic E-state index is 13.7. The zero-order chi connectivity index (χ0) is 25.2. The zero-order valence-corrected chi connectivity index (χ0v) is 20.2. The molecule has 178 valence electrons. The van der Waals surface area contributed by atoms with Gasteiger partial charge in [0.2, 0.25) is 0 Å². The average Bonchev–Trinajstić information content (AvgIpc) is 3.18. The van der Waals surface area contributed by atoms with Crippen molar-refractivity contribution in [3.63, 3.8) is 0 Å². The first-order chi connectivity index (χ1) is 16.7. The van der Waals surface area contributed by atoms with Crippen molar-refractivity contribution in [3.8, 4) is 0 Å². The molecule has 0 radical (unpaired) electrons. The van der Waals surface area contributed by atoms with Gasteiger partial charge in [-0.2, -0.15) is 4.31 Å². The maximum Gasteiger partial charge on any atom is 0.342 e. The molecule has 0 saturated heterocycles. The van der Waals surface area contributed by atoms with Gasteiger partial charge in [-0.15, -0.1) is 0 Å². The zero-order valence-electron chi connectivity index (χ0n) is 19.4. The van der Waals surface area contributed by atoms with Crippen LogP contribution in [-0.4, -0.2) is 27.4 Å². The normalized spacial score (nSPS) is 11.6. The molecule has 3 aromatic carbocycles. The van der Waals surface area contributed by atoms with E-state index in [1.165, 1.54) is 43.5 Å². The quantitative estimate of drug-likeness (QED) is 0.270. The van der Waals surface area contributed by atoms with Gasteiger partial charge in [0.15, 0.2) is 0 Å². The van der Waals surface area contributed by atoms with Crippen molar-refractivity contribution in [3.05, 3.63) is 101 Å². The number of rotatable bonds is 6. The van der Waals surface area contributed by atoms with Gasteiger partial charge in [0.1, 0.15) is 16.9 Å². The van der Waals surface area contributed by atoms with Gasteiger partial charge in [0.05, 0.1) is 17.7 Å². The van der Waals surface area contributed by atoms with E-state index in [9.17, 15) is 18.0 Å². The van der Waals surface area contributed by atoms with Crippen LogP contribution in [0.5, 0.6) is 0 Å². The minimum absolute atomic E-state index is 0.0405. The minimum Gasteiger partial charge on any atom is -0.465 e. The molecule has 0 saturated carbocycles. The van der Waals surface area contributed by atoms with E-state index in [1.807, 2.05) is 25.1 Å². The smallest absolute Gasteiger partial charge is 0.342 e. The number of nitrogens with zero attached hydrogens (tertiary/aromatic N) is 1. The summed E-state index contributed by atoms with van der Waals surface area (Å²) in [6.07, 6.45) is 2.74. The van der Waals surface area contributed by atoms with Crippen molar-refractivity contribution < 1.29 is 27.2 Å². The third kappa shape index (κ3) is 4.74. The summed E-state index contributed by atoms with van der Waals surface area (Å²) in [6, 6.07) is 19.7. The lowest BCUT2D eigenvalue weighted by Gasteiger charge is -2.21. The summed E-state index contributed by atoms with van der Waals surface area (Å²) in [6.45, 7) is 3.45. The van der Waals surface area contributed by atoms with Crippen molar-refractivity contribution in [2.24, 2.45) is 0 Å². The van der Waals surface area contributed by atoms with E-state index in [2.05, 4.69) is 0 Å². The van der Waals surface area contributed by atoms with Crippen molar-refractivity contribution in [1.29, 1.82) is 0 Å².